The van der Waals surface area contributed by atoms with Gasteiger partial charge in [0, 0.05) is 51.9 Å². The molecule has 1 N–H and O–H groups in total. The summed E-state index contributed by atoms with van der Waals surface area (Å²) in [4.78, 5) is 20.9. The minimum absolute atomic E-state index is 0.00823. The zero-order chi connectivity index (χ0) is 25.2. The zero-order valence-corrected chi connectivity index (χ0v) is 22.2. The van der Waals surface area contributed by atoms with Crippen LogP contribution in [-0.2, 0) is 11.5 Å². The molecule has 0 saturated heterocycles. The number of halogens is 1. The number of ether oxygens (including phenoxy) is 2. The van der Waals surface area contributed by atoms with Gasteiger partial charge >= 0.3 is 0 Å². The Morgan fingerprint density at radius 2 is 1.97 bits per heavy atom. The van der Waals surface area contributed by atoms with Gasteiger partial charge in [-0.3, -0.25) is 4.79 Å². The van der Waals surface area contributed by atoms with Gasteiger partial charge in [-0.1, -0.05) is 31.8 Å². The molecule has 0 atom stereocenters. The van der Waals surface area contributed by atoms with Crippen molar-refractivity contribution in [2.24, 2.45) is 5.92 Å². The first kappa shape index (κ1) is 25.2. The number of fused-ring (bicyclic) bond motifs is 1. The number of benzene rings is 1. The predicted molar refractivity (Wildman–Crippen MR) is 138 cm³/mol. The van der Waals surface area contributed by atoms with E-state index in [4.69, 9.17) is 26.3 Å². The number of rotatable bonds is 9. The molecule has 10 heteroatoms. The molecular weight excluding hydrogens is 482 g/mol. The summed E-state index contributed by atoms with van der Waals surface area (Å²) in [5.74, 6) is 0.257. The Hall–Kier alpha value is -2.93. The Morgan fingerprint density at radius 3 is 2.60 bits per heavy atom. The van der Waals surface area contributed by atoms with Crippen molar-refractivity contribution in [2.75, 3.05) is 13.7 Å². The summed E-state index contributed by atoms with van der Waals surface area (Å²) in [6.45, 7) is 7.94. The molecule has 1 aliphatic rings. The van der Waals surface area contributed by atoms with E-state index in [9.17, 15) is 4.79 Å². The average Bonchev–Trinajstić information content (AvgIpc) is 3.16. The van der Waals surface area contributed by atoms with Crippen LogP contribution in [0.25, 0.3) is 22.2 Å². The van der Waals surface area contributed by atoms with E-state index in [0.717, 1.165) is 22.6 Å². The van der Waals surface area contributed by atoms with Gasteiger partial charge in [-0.2, -0.15) is 15.2 Å². The van der Waals surface area contributed by atoms with Crippen LogP contribution in [0.2, 0.25) is 31.0 Å². The third-order valence-corrected chi connectivity index (χ3v) is 8.00. The van der Waals surface area contributed by atoms with Crippen molar-refractivity contribution in [3.8, 4) is 23.1 Å². The van der Waals surface area contributed by atoms with E-state index >= 15 is 0 Å². The summed E-state index contributed by atoms with van der Waals surface area (Å²) < 4.78 is 14.1. The molecule has 3 aromatic rings. The lowest BCUT2D eigenvalue weighted by Gasteiger charge is -2.30. The van der Waals surface area contributed by atoms with Crippen molar-refractivity contribution in [1.29, 1.82) is 5.26 Å². The summed E-state index contributed by atoms with van der Waals surface area (Å²) in [7, 11) is 0.391. The number of nitrogens with one attached hydrogen (secondary N) is 1. The fraction of sp³-hybridized carbons (Fsp3) is 0.440. The smallest absolute Gasteiger partial charge is 0.251 e. The topological polar surface area (TPSA) is 102 Å². The summed E-state index contributed by atoms with van der Waals surface area (Å²) >= 11 is 6.30. The Morgan fingerprint density at radius 1 is 1.26 bits per heavy atom. The molecule has 1 aliphatic carbocycles. The molecular formula is C25H30ClN5O3Si. The van der Waals surface area contributed by atoms with Crippen LogP contribution in [0.15, 0.2) is 30.5 Å². The van der Waals surface area contributed by atoms with E-state index < -0.39 is 8.07 Å². The lowest BCUT2D eigenvalue weighted by atomic mass is 9.83. The maximum atomic E-state index is 12.0. The quantitative estimate of drug-likeness (QED) is 0.243. The van der Waals surface area contributed by atoms with Gasteiger partial charge in [0.1, 0.15) is 12.8 Å². The molecule has 4 rings (SSSR count). The highest BCUT2D eigenvalue weighted by atomic mass is 35.5. The highest BCUT2D eigenvalue weighted by Gasteiger charge is 2.32. The Balaban J connectivity index is 1.71. The summed E-state index contributed by atoms with van der Waals surface area (Å²) in [5.41, 5.74) is 2.94. The van der Waals surface area contributed by atoms with Crippen LogP contribution < -0.4 is 10.1 Å². The number of carbonyl (C=O) groups is 1. The third kappa shape index (κ3) is 5.84. The van der Waals surface area contributed by atoms with Crippen molar-refractivity contribution in [3.05, 3.63) is 41.3 Å². The van der Waals surface area contributed by atoms with Gasteiger partial charge in [-0.25, -0.2) is 0 Å². The number of nitriles is 1. The Bertz CT molecular complexity index is 1260. The molecule has 1 amide bonds. The number of amides is 1. The molecule has 1 fully saturated rings. The van der Waals surface area contributed by atoms with Gasteiger partial charge in [-0.05, 0) is 35.3 Å². The predicted octanol–water partition coefficient (Wildman–Crippen LogP) is 5.10. The van der Waals surface area contributed by atoms with Gasteiger partial charge in [-0.15, -0.1) is 0 Å². The van der Waals surface area contributed by atoms with E-state index in [-0.39, 0.29) is 23.2 Å². The average molecular weight is 512 g/mol. The van der Waals surface area contributed by atoms with Crippen LogP contribution in [0.4, 0.5) is 0 Å². The Kier molecular flexibility index (Phi) is 7.45. The van der Waals surface area contributed by atoms with Crippen LogP contribution in [0.3, 0.4) is 0 Å². The molecule has 1 saturated carbocycles. The van der Waals surface area contributed by atoms with E-state index in [0.29, 0.717) is 43.3 Å². The van der Waals surface area contributed by atoms with Crippen molar-refractivity contribution in [2.45, 2.75) is 51.4 Å². The van der Waals surface area contributed by atoms with Gasteiger partial charge in [0.15, 0.2) is 5.65 Å². The SMILES string of the molecule is CNC(=O)c1ccc(-c2cn(COCC[Si](C)(C)C)c3nc(Cl)nc(OC4CC(C#N)C4)c23)cc1. The molecule has 0 unspecified atom stereocenters. The standard InChI is InChI=1S/C25H30ClN5O3Si/c1-28-23(32)18-7-5-17(6-8-18)20-14-31(15-33-9-10-35(2,3)4)22-21(20)24(30-25(26)29-22)34-19-11-16(12-19)13-27/h5-8,14,16,19H,9-12,15H2,1-4H3,(H,28,32). The summed E-state index contributed by atoms with van der Waals surface area (Å²) in [5, 5.41) is 12.6. The molecule has 0 spiro atoms. The molecule has 0 radical (unpaired) electrons. The molecule has 2 heterocycles. The molecule has 35 heavy (non-hydrogen) atoms. The fourth-order valence-corrected chi connectivity index (χ4v) is 4.86. The van der Waals surface area contributed by atoms with E-state index in [1.165, 1.54) is 0 Å². The normalized spacial score (nSPS) is 17.6. The maximum absolute atomic E-state index is 12.0. The van der Waals surface area contributed by atoms with Crippen molar-refractivity contribution < 1.29 is 14.3 Å². The van der Waals surface area contributed by atoms with Gasteiger partial charge in [0.25, 0.3) is 5.91 Å². The lowest BCUT2D eigenvalue weighted by molar-refractivity contribution is 0.0857. The maximum Gasteiger partial charge on any atom is 0.251 e. The van der Waals surface area contributed by atoms with Crippen LogP contribution in [0.1, 0.15) is 23.2 Å². The second-order valence-corrected chi connectivity index (χ2v) is 16.0. The number of hydrogen-bond acceptors (Lipinski definition) is 6. The van der Waals surface area contributed by atoms with Crippen LogP contribution in [0.5, 0.6) is 5.88 Å². The number of hydrogen-bond donors (Lipinski definition) is 1. The molecule has 8 nitrogen and oxygen atoms in total. The second-order valence-electron chi connectivity index (χ2n) is 10.1. The van der Waals surface area contributed by atoms with E-state index in [1.807, 2.05) is 22.9 Å². The monoisotopic (exact) mass is 511 g/mol. The number of aromatic nitrogens is 3. The first-order valence-corrected chi connectivity index (χ1v) is 15.8. The molecule has 1 aromatic carbocycles. The first-order chi connectivity index (χ1) is 16.7. The molecule has 184 valence electrons. The molecule has 0 aliphatic heterocycles. The lowest BCUT2D eigenvalue weighted by Crippen LogP contribution is -2.33. The van der Waals surface area contributed by atoms with Crippen LogP contribution in [-0.4, -0.2) is 48.3 Å². The van der Waals surface area contributed by atoms with Gasteiger partial charge < -0.3 is 19.4 Å². The van der Waals surface area contributed by atoms with Crippen molar-refractivity contribution >= 4 is 36.6 Å². The van der Waals surface area contributed by atoms with Crippen molar-refractivity contribution in [1.82, 2.24) is 19.9 Å². The first-order valence-electron chi connectivity index (χ1n) is 11.7. The minimum Gasteiger partial charge on any atom is -0.474 e. The highest BCUT2D eigenvalue weighted by molar-refractivity contribution is 6.76. The number of carbonyl (C=O) groups excluding carboxylic acids is 1. The largest absolute Gasteiger partial charge is 0.474 e. The Labute approximate surface area is 211 Å². The highest BCUT2D eigenvalue weighted by Crippen LogP contribution is 2.39. The molecule has 2 aromatic heterocycles. The van der Waals surface area contributed by atoms with Gasteiger partial charge in [0.05, 0.1) is 17.4 Å². The third-order valence-electron chi connectivity index (χ3n) is 6.12. The molecule has 0 bridgehead atoms. The summed E-state index contributed by atoms with van der Waals surface area (Å²) in [6, 6.07) is 10.7. The van der Waals surface area contributed by atoms with Gasteiger partial charge in [0.2, 0.25) is 11.2 Å². The van der Waals surface area contributed by atoms with E-state index in [1.54, 1.807) is 19.2 Å². The minimum atomic E-state index is -1.21. The fourth-order valence-electron chi connectivity index (χ4n) is 3.94. The zero-order valence-electron chi connectivity index (χ0n) is 20.5. The second kappa shape index (κ2) is 10.4. The van der Waals surface area contributed by atoms with Crippen molar-refractivity contribution in [3.63, 3.8) is 0 Å². The summed E-state index contributed by atoms with van der Waals surface area (Å²) in [6.07, 6.45) is 3.20. The number of nitrogens with zero attached hydrogens (tertiary/aromatic N) is 4. The van der Waals surface area contributed by atoms with Crippen LogP contribution >= 0.6 is 11.6 Å². The van der Waals surface area contributed by atoms with Crippen LogP contribution in [0, 0.1) is 17.2 Å². The van der Waals surface area contributed by atoms with E-state index in [2.05, 4.69) is 41.0 Å².